The maximum Gasteiger partial charge on any atom is 0.302 e. The molecule has 0 spiro atoms. The van der Waals surface area contributed by atoms with E-state index in [9.17, 15) is 14.7 Å². The molecule has 28 heavy (non-hydrogen) atoms. The molecule has 2 heterocycles. The highest BCUT2D eigenvalue weighted by molar-refractivity contribution is 6.51. The van der Waals surface area contributed by atoms with E-state index in [1.807, 2.05) is 6.07 Å². The Balaban J connectivity index is 1.90. The lowest BCUT2D eigenvalue weighted by molar-refractivity contribution is -0.132. The zero-order chi connectivity index (χ0) is 19.7. The summed E-state index contributed by atoms with van der Waals surface area (Å²) in [4.78, 5) is 30.8. The van der Waals surface area contributed by atoms with Crippen LogP contribution in [0, 0.1) is 0 Å². The van der Waals surface area contributed by atoms with Gasteiger partial charge in [0, 0.05) is 5.56 Å². The van der Waals surface area contributed by atoms with Crippen molar-refractivity contribution in [1.29, 1.82) is 0 Å². The number of aromatic amines is 1. The van der Waals surface area contributed by atoms with Crippen molar-refractivity contribution in [2.75, 3.05) is 12.0 Å². The van der Waals surface area contributed by atoms with Gasteiger partial charge in [-0.3, -0.25) is 14.5 Å². The van der Waals surface area contributed by atoms with E-state index in [4.69, 9.17) is 4.74 Å². The van der Waals surface area contributed by atoms with Gasteiger partial charge in [0.15, 0.2) is 0 Å². The number of methoxy groups -OCH3 is 1. The van der Waals surface area contributed by atoms with Gasteiger partial charge in [-0.15, -0.1) is 0 Å². The number of hydrogen-bond acceptors (Lipinski definition) is 6. The molecule has 8 heteroatoms. The van der Waals surface area contributed by atoms with E-state index in [-0.39, 0.29) is 17.3 Å². The van der Waals surface area contributed by atoms with Crippen molar-refractivity contribution in [3.05, 3.63) is 77.6 Å². The SMILES string of the molecule is COc1ccc(/C(O)=C2\C(=O)C(=O)N(c3ncn[nH]3)C2c2ccccc2)cc1. The van der Waals surface area contributed by atoms with Gasteiger partial charge in [-0.25, -0.2) is 5.10 Å². The van der Waals surface area contributed by atoms with Gasteiger partial charge in [0.25, 0.3) is 5.78 Å². The van der Waals surface area contributed by atoms with E-state index in [1.54, 1.807) is 48.5 Å². The van der Waals surface area contributed by atoms with E-state index in [2.05, 4.69) is 15.2 Å². The second kappa shape index (κ2) is 6.99. The maximum atomic E-state index is 12.8. The van der Waals surface area contributed by atoms with Crippen LogP contribution in [0.25, 0.3) is 5.76 Å². The minimum Gasteiger partial charge on any atom is -0.507 e. The lowest BCUT2D eigenvalue weighted by Gasteiger charge is -2.22. The summed E-state index contributed by atoms with van der Waals surface area (Å²) < 4.78 is 5.12. The first-order valence-corrected chi connectivity index (χ1v) is 8.47. The molecule has 1 aromatic heterocycles. The number of Topliss-reactive ketones (excluding diaryl/α,β-unsaturated/α-hetero) is 1. The van der Waals surface area contributed by atoms with Crippen molar-refractivity contribution in [2.45, 2.75) is 6.04 Å². The first kappa shape index (κ1) is 17.5. The number of amides is 1. The fourth-order valence-corrected chi connectivity index (χ4v) is 3.22. The van der Waals surface area contributed by atoms with Crippen LogP contribution in [-0.2, 0) is 9.59 Å². The predicted octanol–water partition coefficient (Wildman–Crippen LogP) is 2.44. The number of ketones is 1. The second-order valence-corrected chi connectivity index (χ2v) is 6.12. The van der Waals surface area contributed by atoms with Gasteiger partial charge in [-0.2, -0.15) is 10.1 Å². The molecule has 2 aromatic carbocycles. The number of hydrogen-bond donors (Lipinski definition) is 2. The summed E-state index contributed by atoms with van der Waals surface area (Å²) in [5.74, 6) is -1.11. The third kappa shape index (κ3) is 2.81. The molecule has 8 nitrogen and oxygen atoms in total. The lowest BCUT2D eigenvalue weighted by atomic mass is 9.95. The number of anilines is 1. The summed E-state index contributed by atoms with van der Waals surface area (Å²) in [6.07, 6.45) is 1.25. The lowest BCUT2D eigenvalue weighted by Crippen LogP contribution is -2.30. The highest BCUT2D eigenvalue weighted by Gasteiger charge is 2.48. The van der Waals surface area contributed by atoms with Crippen LogP contribution in [0.15, 0.2) is 66.5 Å². The number of aromatic nitrogens is 3. The van der Waals surface area contributed by atoms with Crippen LogP contribution in [0.5, 0.6) is 5.75 Å². The number of carbonyl (C=O) groups excluding carboxylic acids is 2. The Kier molecular flexibility index (Phi) is 4.36. The summed E-state index contributed by atoms with van der Waals surface area (Å²) in [7, 11) is 1.53. The monoisotopic (exact) mass is 376 g/mol. The Morgan fingerprint density at radius 1 is 1.11 bits per heavy atom. The van der Waals surface area contributed by atoms with Crippen molar-refractivity contribution >= 4 is 23.4 Å². The molecule has 2 N–H and O–H groups in total. The third-order valence-corrected chi connectivity index (χ3v) is 4.55. The van der Waals surface area contributed by atoms with Crippen LogP contribution < -0.4 is 9.64 Å². The molecule has 1 fully saturated rings. The zero-order valence-electron chi connectivity index (χ0n) is 14.9. The number of aliphatic hydroxyl groups excluding tert-OH is 1. The molecule has 0 aliphatic carbocycles. The Labute approximate surface area is 160 Å². The average molecular weight is 376 g/mol. The first-order valence-electron chi connectivity index (χ1n) is 8.47. The normalized spacial score (nSPS) is 18.5. The molecule has 4 rings (SSSR count). The molecule has 1 aliphatic heterocycles. The number of H-pyrrole nitrogens is 1. The quantitative estimate of drug-likeness (QED) is 0.411. The number of carbonyl (C=O) groups is 2. The molecule has 0 saturated carbocycles. The predicted molar refractivity (Wildman–Crippen MR) is 101 cm³/mol. The van der Waals surface area contributed by atoms with Gasteiger partial charge in [0.2, 0.25) is 5.95 Å². The summed E-state index contributed by atoms with van der Waals surface area (Å²) in [6.45, 7) is 0. The highest BCUT2D eigenvalue weighted by Crippen LogP contribution is 2.40. The first-order chi connectivity index (χ1) is 13.6. The average Bonchev–Trinajstić information content (AvgIpc) is 3.35. The van der Waals surface area contributed by atoms with Gasteiger partial charge in [0.1, 0.15) is 17.8 Å². The van der Waals surface area contributed by atoms with E-state index >= 15 is 0 Å². The fourth-order valence-electron chi connectivity index (χ4n) is 3.22. The smallest absolute Gasteiger partial charge is 0.302 e. The third-order valence-electron chi connectivity index (χ3n) is 4.55. The standard InChI is InChI=1S/C20H16N4O4/c1-28-14-9-7-13(8-10-14)17(25)15-16(12-5-3-2-4-6-12)24(19(27)18(15)26)20-21-11-22-23-20/h2-11,16,25H,1H3,(H,21,22,23)/b17-15+. The van der Waals surface area contributed by atoms with Gasteiger partial charge in [-0.1, -0.05) is 30.3 Å². The van der Waals surface area contributed by atoms with E-state index in [0.29, 0.717) is 16.9 Å². The van der Waals surface area contributed by atoms with Crippen LogP contribution in [0.1, 0.15) is 17.2 Å². The van der Waals surface area contributed by atoms with Crippen molar-refractivity contribution in [3.63, 3.8) is 0 Å². The molecule has 140 valence electrons. The Morgan fingerprint density at radius 2 is 1.82 bits per heavy atom. The molecule has 1 saturated heterocycles. The van der Waals surface area contributed by atoms with Gasteiger partial charge in [-0.05, 0) is 29.8 Å². The summed E-state index contributed by atoms with van der Waals surface area (Å²) in [5, 5.41) is 17.3. The van der Waals surface area contributed by atoms with Gasteiger partial charge < -0.3 is 9.84 Å². The van der Waals surface area contributed by atoms with Crippen LogP contribution in [0.3, 0.4) is 0 Å². The van der Waals surface area contributed by atoms with E-state index < -0.39 is 17.7 Å². The number of nitrogens with zero attached hydrogens (tertiary/aromatic N) is 3. The topological polar surface area (TPSA) is 108 Å². The minimum absolute atomic E-state index is 0.0160. The van der Waals surface area contributed by atoms with Crippen LogP contribution in [0.4, 0.5) is 5.95 Å². The zero-order valence-corrected chi connectivity index (χ0v) is 14.9. The molecule has 1 atom stereocenters. The largest absolute Gasteiger partial charge is 0.507 e. The van der Waals surface area contributed by atoms with Crippen LogP contribution in [-0.4, -0.2) is 39.1 Å². The summed E-state index contributed by atoms with van der Waals surface area (Å²) in [6, 6.07) is 14.7. The van der Waals surface area contributed by atoms with Crippen molar-refractivity contribution in [2.24, 2.45) is 0 Å². The summed E-state index contributed by atoms with van der Waals surface area (Å²) in [5.41, 5.74) is 1.04. The number of rotatable bonds is 4. The van der Waals surface area contributed by atoms with Crippen molar-refractivity contribution in [1.82, 2.24) is 15.2 Å². The number of nitrogens with one attached hydrogen (secondary N) is 1. The Morgan fingerprint density at radius 3 is 2.43 bits per heavy atom. The van der Waals surface area contributed by atoms with Gasteiger partial charge in [0.05, 0.1) is 18.7 Å². The van der Waals surface area contributed by atoms with E-state index in [0.717, 1.165) is 0 Å². The van der Waals surface area contributed by atoms with Crippen molar-refractivity contribution in [3.8, 4) is 5.75 Å². The van der Waals surface area contributed by atoms with Crippen molar-refractivity contribution < 1.29 is 19.4 Å². The Bertz CT molecular complexity index is 1040. The summed E-state index contributed by atoms with van der Waals surface area (Å²) >= 11 is 0. The van der Waals surface area contributed by atoms with Crippen LogP contribution in [0.2, 0.25) is 0 Å². The molecule has 1 unspecified atom stereocenters. The molecular weight excluding hydrogens is 360 g/mol. The molecule has 1 amide bonds. The molecular formula is C20H16N4O4. The van der Waals surface area contributed by atoms with Gasteiger partial charge >= 0.3 is 5.91 Å². The van der Waals surface area contributed by atoms with E-state index in [1.165, 1.54) is 18.3 Å². The highest BCUT2D eigenvalue weighted by atomic mass is 16.5. The molecule has 0 radical (unpaired) electrons. The minimum atomic E-state index is -0.837. The number of ether oxygens (including phenoxy) is 1. The van der Waals surface area contributed by atoms with Crippen LogP contribution >= 0.6 is 0 Å². The fraction of sp³-hybridized carbons (Fsp3) is 0.100. The Hall–Kier alpha value is -3.94. The number of benzene rings is 2. The molecule has 0 bridgehead atoms. The second-order valence-electron chi connectivity index (χ2n) is 6.12. The molecule has 1 aliphatic rings. The number of aliphatic hydroxyl groups is 1. The maximum absolute atomic E-state index is 12.8. The molecule has 3 aromatic rings.